The van der Waals surface area contributed by atoms with E-state index in [0.717, 1.165) is 6.42 Å². The van der Waals surface area contributed by atoms with Crippen LogP contribution in [0.4, 0.5) is 0 Å². The lowest BCUT2D eigenvalue weighted by Crippen LogP contribution is -2.69. The quantitative estimate of drug-likeness (QED) is 0.868. The molecule has 1 aromatic rings. The van der Waals surface area contributed by atoms with E-state index in [1.54, 1.807) is 20.1 Å². The summed E-state index contributed by atoms with van der Waals surface area (Å²) in [5, 5.41) is 5.64. The van der Waals surface area contributed by atoms with E-state index in [9.17, 15) is 9.59 Å². The highest BCUT2D eigenvalue weighted by atomic mass is 16.5. The SMILES string of the molecule is CO[C@]1(C)C[C@@H](NC(=O)[C@@H](C)NC(=O)c2ccoc2)C1(C)C. The van der Waals surface area contributed by atoms with Crippen LogP contribution in [0, 0.1) is 5.41 Å². The zero-order chi connectivity index (χ0) is 16.5. The van der Waals surface area contributed by atoms with Crippen molar-refractivity contribution < 1.29 is 18.7 Å². The van der Waals surface area contributed by atoms with E-state index in [1.807, 2.05) is 6.92 Å². The third kappa shape index (κ3) is 2.75. The first kappa shape index (κ1) is 16.5. The number of ether oxygens (including phenoxy) is 1. The third-order valence-electron chi connectivity index (χ3n) is 5.12. The van der Waals surface area contributed by atoms with Gasteiger partial charge in [0, 0.05) is 18.6 Å². The molecule has 22 heavy (non-hydrogen) atoms. The Labute approximate surface area is 130 Å². The fourth-order valence-electron chi connectivity index (χ4n) is 2.76. The summed E-state index contributed by atoms with van der Waals surface area (Å²) in [4.78, 5) is 24.1. The molecule has 0 spiro atoms. The van der Waals surface area contributed by atoms with E-state index >= 15 is 0 Å². The van der Waals surface area contributed by atoms with E-state index in [-0.39, 0.29) is 28.9 Å². The topological polar surface area (TPSA) is 80.6 Å². The fraction of sp³-hybridized carbons (Fsp3) is 0.625. The van der Waals surface area contributed by atoms with E-state index < -0.39 is 6.04 Å². The van der Waals surface area contributed by atoms with Crippen LogP contribution in [0.1, 0.15) is 44.5 Å². The van der Waals surface area contributed by atoms with E-state index in [4.69, 9.17) is 9.15 Å². The summed E-state index contributed by atoms with van der Waals surface area (Å²) in [6.45, 7) is 7.84. The van der Waals surface area contributed by atoms with Crippen LogP contribution in [0.15, 0.2) is 23.0 Å². The smallest absolute Gasteiger partial charge is 0.255 e. The highest BCUT2D eigenvalue weighted by Crippen LogP contribution is 2.51. The maximum atomic E-state index is 12.2. The molecule has 0 aromatic carbocycles. The summed E-state index contributed by atoms with van der Waals surface area (Å²) in [6.07, 6.45) is 3.52. The molecule has 1 heterocycles. The number of methoxy groups -OCH3 is 1. The Bertz CT molecular complexity index is 553. The van der Waals surface area contributed by atoms with Gasteiger partial charge in [-0.15, -0.1) is 0 Å². The van der Waals surface area contributed by atoms with Crippen LogP contribution in [0.5, 0.6) is 0 Å². The largest absolute Gasteiger partial charge is 0.472 e. The zero-order valence-electron chi connectivity index (χ0n) is 13.7. The first-order valence-electron chi connectivity index (χ1n) is 7.40. The van der Waals surface area contributed by atoms with Crippen molar-refractivity contribution in [1.29, 1.82) is 0 Å². The number of rotatable bonds is 5. The molecule has 1 aromatic heterocycles. The molecule has 0 aliphatic heterocycles. The van der Waals surface area contributed by atoms with Gasteiger partial charge in [0.25, 0.3) is 5.91 Å². The number of nitrogens with one attached hydrogen (secondary N) is 2. The molecular weight excluding hydrogens is 284 g/mol. The minimum Gasteiger partial charge on any atom is -0.472 e. The van der Waals surface area contributed by atoms with Gasteiger partial charge in [0.2, 0.25) is 5.91 Å². The summed E-state index contributed by atoms with van der Waals surface area (Å²) in [6, 6.07) is 0.963. The molecule has 1 aliphatic rings. The Morgan fingerprint density at radius 2 is 2.09 bits per heavy atom. The molecule has 2 rings (SSSR count). The minimum absolute atomic E-state index is 0.0261. The standard InChI is InChI=1S/C16H24N2O4/c1-10(17-14(20)11-6-7-22-9-11)13(19)18-12-8-16(4,21-5)15(12,2)3/h6-7,9-10,12H,8H2,1-5H3,(H,17,20)(H,18,19)/t10-,12-,16-/m1/s1. The van der Waals surface area contributed by atoms with Crippen LogP contribution in [0.3, 0.4) is 0 Å². The van der Waals surface area contributed by atoms with Gasteiger partial charge in [0.1, 0.15) is 12.3 Å². The third-order valence-corrected chi connectivity index (χ3v) is 5.12. The summed E-state index contributed by atoms with van der Waals surface area (Å²) in [7, 11) is 1.69. The van der Waals surface area contributed by atoms with Crippen molar-refractivity contribution in [1.82, 2.24) is 10.6 Å². The van der Waals surface area contributed by atoms with Gasteiger partial charge in [-0.1, -0.05) is 13.8 Å². The first-order chi connectivity index (χ1) is 10.2. The van der Waals surface area contributed by atoms with Gasteiger partial charge in [-0.05, 0) is 26.3 Å². The van der Waals surface area contributed by atoms with Gasteiger partial charge >= 0.3 is 0 Å². The monoisotopic (exact) mass is 308 g/mol. The lowest BCUT2D eigenvalue weighted by molar-refractivity contribution is -0.182. The molecule has 122 valence electrons. The predicted molar refractivity (Wildman–Crippen MR) is 81.4 cm³/mol. The maximum Gasteiger partial charge on any atom is 0.255 e. The fourth-order valence-corrected chi connectivity index (χ4v) is 2.76. The zero-order valence-corrected chi connectivity index (χ0v) is 13.7. The Hall–Kier alpha value is -1.82. The Kier molecular flexibility index (Phi) is 4.33. The predicted octanol–water partition coefficient (Wildman–Crippen LogP) is 1.72. The second kappa shape index (κ2) is 5.76. The summed E-state index contributed by atoms with van der Waals surface area (Å²) < 4.78 is 10.4. The number of carbonyl (C=O) groups excluding carboxylic acids is 2. The highest BCUT2D eigenvalue weighted by Gasteiger charge is 2.58. The van der Waals surface area contributed by atoms with Crippen LogP contribution in [0.25, 0.3) is 0 Å². The number of hydrogen-bond acceptors (Lipinski definition) is 4. The second-order valence-corrected chi connectivity index (χ2v) is 6.63. The van der Waals surface area contributed by atoms with E-state index in [2.05, 4.69) is 24.5 Å². The first-order valence-corrected chi connectivity index (χ1v) is 7.40. The molecule has 0 radical (unpaired) electrons. The molecule has 0 saturated heterocycles. The van der Waals surface area contributed by atoms with Crippen molar-refractivity contribution in [3.63, 3.8) is 0 Å². The van der Waals surface area contributed by atoms with E-state index in [0.29, 0.717) is 5.56 Å². The molecule has 2 amide bonds. The number of hydrogen-bond donors (Lipinski definition) is 2. The molecule has 1 aliphatic carbocycles. The van der Waals surface area contributed by atoms with Crippen molar-refractivity contribution in [3.8, 4) is 0 Å². The van der Waals surface area contributed by atoms with Gasteiger partial charge < -0.3 is 19.8 Å². The average Bonchev–Trinajstić information content (AvgIpc) is 3.00. The highest BCUT2D eigenvalue weighted by molar-refractivity contribution is 5.97. The molecule has 0 unspecified atom stereocenters. The van der Waals surface area contributed by atoms with E-state index in [1.165, 1.54) is 12.5 Å². The normalized spacial score (nSPS) is 27.6. The molecule has 1 fully saturated rings. The maximum absolute atomic E-state index is 12.2. The van der Waals surface area contributed by atoms with Crippen molar-refractivity contribution in [3.05, 3.63) is 24.2 Å². The van der Waals surface area contributed by atoms with Crippen molar-refractivity contribution >= 4 is 11.8 Å². The van der Waals surface area contributed by atoms with Crippen molar-refractivity contribution in [2.45, 2.75) is 51.8 Å². The van der Waals surface area contributed by atoms with Crippen LogP contribution >= 0.6 is 0 Å². The van der Waals surface area contributed by atoms with Gasteiger partial charge in [0.05, 0.1) is 17.4 Å². The Balaban J connectivity index is 1.89. The van der Waals surface area contributed by atoms with Crippen LogP contribution in [-0.2, 0) is 9.53 Å². The van der Waals surface area contributed by atoms with Crippen molar-refractivity contribution in [2.24, 2.45) is 5.41 Å². The Morgan fingerprint density at radius 1 is 1.41 bits per heavy atom. The number of furan rings is 1. The van der Waals surface area contributed by atoms with Crippen LogP contribution < -0.4 is 10.6 Å². The number of amides is 2. The van der Waals surface area contributed by atoms with Gasteiger partial charge in [-0.3, -0.25) is 9.59 Å². The van der Waals surface area contributed by atoms with Gasteiger partial charge in [-0.2, -0.15) is 0 Å². The summed E-state index contributed by atoms with van der Waals surface area (Å²) in [5.74, 6) is -0.529. The number of carbonyl (C=O) groups is 2. The van der Waals surface area contributed by atoms with Gasteiger partial charge in [-0.25, -0.2) is 0 Å². The van der Waals surface area contributed by atoms with Gasteiger partial charge in [0.15, 0.2) is 0 Å². The molecule has 6 heteroatoms. The second-order valence-electron chi connectivity index (χ2n) is 6.63. The average molecular weight is 308 g/mol. The summed E-state index contributed by atoms with van der Waals surface area (Å²) >= 11 is 0. The summed E-state index contributed by atoms with van der Waals surface area (Å²) in [5.41, 5.74) is -0.00417. The van der Waals surface area contributed by atoms with Crippen LogP contribution in [-0.4, -0.2) is 36.6 Å². The minimum atomic E-state index is -0.618. The lowest BCUT2D eigenvalue weighted by Gasteiger charge is -2.59. The molecule has 1 saturated carbocycles. The van der Waals surface area contributed by atoms with Crippen LogP contribution in [0.2, 0.25) is 0 Å². The molecule has 0 bridgehead atoms. The Morgan fingerprint density at radius 3 is 2.59 bits per heavy atom. The molecular formula is C16H24N2O4. The lowest BCUT2D eigenvalue weighted by atomic mass is 9.56. The molecule has 2 N–H and O–H groups in total. The molecule has 3 atom stereocenters. The molecule has 6 nitrogen and oxygen atoms in total. The van der Waals surface area contributed by atoms with Crippen molar-refractivity contribution in [2.75, 3.05) is 7.11 Å².